The molecule has 1 amide bonds. The maximum atomic E-state index is 10.9. The molecule has 9 nitrogen and oxygen atoms in total. The van der Waals surface area contributed by atoms with E-state index in [2.05, 4.69) is 20.6 Å². The quantitative estimate of drug-likeness (QED) is 0.398. The second kappa shape index (κ2) is 6.62. The van der Waals surface area contributed by atoms with E-state index in [-0.39, 0.29) is 23.4 Å². The SMILES string of the molecule is CC(=O)NCCNc1nc(-c2ccc([N+](=O)[O-])o2)nc2sccc12. The van der Waals surface area contributed by atoms with E-state index in [0.717, 1.165) is 10.2 Å². The molecular weight excluding hydrogens is 334 g/mol. The molecule has 0 fully saturated rings. The molecule has 3 aromatic heterocycles. The van der Waals surface area contributed by atoms with Gasteiger partial charge in [-0.25, -0.2) is 9.97 Å². The number of anilines is 1. The van der Waals surface area contributed by atoms with Crippen LogP contribution in [0.25, 0.3) is 21.8 Å². The van der Waals surface area contributed by atoms with Gasteiger partial charge in [-0.15, -0.1) is 11.3 Å². The summed E-state index contributed by atoms with van der Waals surface area (Å²) >= 11 is 1.43. The highest BCUT2D eigenvalue weighted by atomic mass is 32.1. The molecule has 0 saturated heterocycles. The van der Waals surface area contributed by atoms with Crippen molar-refractivity contribution in [2.75, 3.05) is 18.4 Å². The standard InChI is InChI=1S/C14H13N5O4S/c1-8(20)15-5-6-16-12-9-4-7-24-14(9)18-13(17-12)10-2-3-11(23-10)19(21)22/h2-4,7H,5-6H2,1H3,(H,15,20)(H,16,17,18). The van der Waals surface area contributed by atoms with Gasteiger partial charge in [0.05, 0.1) is 11.5 Å². The highest BCUT2D eigenvalue weighted by Crippen LogP contribution is 2.30. The Balaban J connectivity index is 1.88. The Morgan fingerprint density at radius 3 is 2.88 bits per heavy atom. The molecule has 0 unspecified atom stereocenters. The van der Waals surface area contributed by atoms with Crippen molar-refractivity contribution in [1.82, 2.24) is 15.3 Å². The number of nitrogens with zero attached hydrogens (tertiary/aromatic N) is 3. The van der Waals surface area contributed by atoms with Crippen LogP contribution in [0.2, 0.25) is 0 Å². The third kappa shape index (κ3) is 3.33. The molecule has 24 heavy (non-hydrogen) atoms. The van der Waals surface area contributed by atoms with Crippen molar-refractivity contribution in [3.05, 3.63) is 33.7 Å². The van der Waals surface area contributed by atoms with Gasteiger partial charge in [-0.05, 0) is 17.5 Å². The van der Waals surface area contributed by atoms with Gasteiger partial charge in [0, 0.05) is 20.0 Å². The molecule has 3 rings (SSSR count). The van der Waals surface area contributed by atoms with E-state index in [9.17, 15) is 14.9 Å². The summed E-state index contributed by atoms with van der Waals surface area (Å²) in [4.78, 5) is 30.5. The number of hydrogen-bond donors (Lipinski definition) is 2. The number of hydrogen-bond acceptors (Lipinski definition) is 8. The highest BCUT2D eigenvalue weighted by molar-refractivity contribution is 7.16. The number of rotatable bonds is 6. The lowest BCUT2D eigenvalue weighted by Gasteiger charge is -2.08. The monoisotopic (exact) mass is 347 g/mol. The number of thiophene rings is 1. The van der Waals surface area contributed by atoms with Crippen molar-refractivity contribution in [2.45, 2.75) is 6.92 Å². The summed E-state index contributed by atoms with van der Waals surface area (Å²) in [6.07, 6.45) is 0. The molecular formula is C14H13N5O4S. The fraction of sp³-hybridized carbons (Fsp3) is 0.214. The molecule has 10 heteroatoms. The number of amides is 1. The summed E-state index contributed by atoms with van der Waals surface area (Å²) in [5.74, 6) is 0.603. The number of furan rings is 1. The summed E-state index contributed by atoms with van der Waals surface area (Å²) in [6, 6.07) is 4.62. The topological polar surface area (TPSA) is 123 Å². The number of fused-ring (bicyclic) bond motifs is 1. The van der Waals surface area contributed by atoms with Gasteiger partial charge >= 0.3 is 5.88 Å². The maximum Gasteiger partial charge on any atom is 0.433 e. The molecule has 0 aromatic carbocycles. The summed E-state index contributed by atoms with van der Waals surface area (Å²) < 4.78 is 5.16. The summed E-state index contributed by atoms with van der Waals surface area (Å²) in [6.45, 7) is 2.38. The minimum Gasteiger partial charge on any atom is -0.397 e. The van der Waals surface area contributed by atoms with E-state index in [4.69, 9.17) is 4.42 Å². The zero-order valence-electron chi connectivity index (χ0n) is 12.6. The Kier molecular flexibility index (Phi) is 4.38. The molecule has 0 aliphatic heterocycles. The Hall–Kier alpha value is -3.01. The lowest BCUT2D eigenvalue weighted by Crippen LogP contribution is -2.26. The third-order valence-corrected chi connectivity index (χ3v) is 3.92. The van der Waals surface area contributed by atoms with Gasteiger partial charge in [0.25, 0.3) is 0 Å². The molecule has 3 aromatic rings. The smallest absolute Gasteiger partial charge is 0.397 e. The second-order valence-corrected chi connectivity index (χ2v) is 5.73. The lowest BCUT2D eigenvalue weighted by atomic mass is 10.3. The minimum absolute atomic E-state index is 0.108. The fourth-order valence-corrected chi connectivity index (χ4v) is 2.83. The van der Waals surface area contributed by atoms with Crippen LogP contribution < -0.4 is 10.6 Å². The predicted octanol–water partition coefficient (Wildman–Crippen LogP) is 2.41. The van der Waals surface area contributed by atoms with Crippen molar-refractivity contribution in [1.29, 1.82) is 0 Å². The Morgan fingerprint density at radius 2 is 2.17 bits per heavy atom. The van der Waals surface area contributed by atoms with E-state index in [0.29, 0.717) is 18.9 Å². The fourth-order valence-electron chi connectivity index (χ4n) is 2.07. The first-order valence-corrected chi connectivity index (χ1v) is 7.90. The largest absolute Gasteiger partial charge is 0.433 e. The average Bonchev–Trinajstić information content (AvgIpc) is 3.19. The second-order valence-electron chi connectivity index (χ2n) is 4.84. The first-order valence-electron chi connectivity index (χ1n) is 7.03. The zero-order chi connectivity index (χ0) is 17.1. The van der Waals surface area contributed by atoms with Crippen LogP contribution >= 0.6 is 11.3 Å². The van der Waals surface area contributed by atoms with E-state index in [1.54, 1.807) is 0 Å². The van der Waals surface area contributed by atoms with Gasteiger partial charge in [-0.3, -0.25) is 14.9 Å². The van der Waals surface area contributed by atoms with Gasteiger partial charge in [0.15, 0.2) is 11.6 Å². The highest BCUT2D eigenvalue weighted by Gasteiger charge is 2.17. The number of nitro groups is 1. The van der Waals surface area contributed by atoms with Gasteiger partial charge in [0.2, 0.25) is 5.91 Å². The van der Waals surface area contributed by atoms with E-state index in [1.165, 1.54) is 30.4 Å². The number of nitrogens with one attached hydrogen (secondary N) is 2. The van der Waals surface area contributed by atoms with Crippen molar-refractivity contribution >= 4 is 39.2 Å². The molecule has 3 heterocycles. The van der Waals surface area contributed by atoms with Crippen LogP contribution in [0.5, 0.6) is 0 Å². The first-order chi connectivity index (χ1) is 11.5. The molecule has 0 radical (unpaired) electrons. The molecule has 0 aliphatic rings. The van der Waals surface area contributed by atoms with Gasteiger partial charge in [-0.1, -0.05) is 0 Å². The Labute approximate surface area is 139 Å². The number of carbonyl (C=O) groups excluding carboxylic acids is 1. The normalized spacial score (nSPS) is 10.7. The Bertz CT molecular complexity index is 904. The van der Waals surface area contributed by atoms with Gasteiger partial charge in [0.1, 0.15) is 15.6 Å². The van der Waals surface area contributed by atoms with Crippen molar-refractivity contribution < 1.29 is 14.1 Å². The van der Waals surface area contributed by atoms with E-state index in [1.807, 2.05) is 11.4 Å². The van der Waals surface area contributed by atoms with Crippen molar-refractivity contribution in [2.24, 2.45) is 0 Å². The van der Waals surface area contributed by atoms with Crippen molar-refractivity contribution in [3.8, 4) is 11.6 Å². The summed E-state index contributed by atoms with van der Waals surface area (Å²) in [5.41, 5.74) is 0. The first kappa shape index (κ1) is 15.9. The van der Waals surface area contributed by atoms with Crippen LogP contribution in [-0.2, 0) is 4.79 Å². The van der Waals surface area contributed by atoms with Crippen LogP contribution in [0, 0.1) is 10.1 Å². The predicted molar refractivity (Wildman–Crippen MR) is 88.9 cm³/mol. The minimum atomic E-state index is -0.611. The molecule has 124 valence electrons. The lowest BCUT2D eigenvalue weighted by molar-refractivity contribution is -0.401. The molecule has 0 spiro atoms. The van der Waals surface area contributed by atoms with Gasteiger partial charge < -0.3 is 15.1 Å². The molecule has 0 atom stereocenters. The number of carbonyl (C=O) groups is 1. The van der Waals surface area contributed by atoms with E-state index < -0.39 is 4.92 Å². The maximum absolute atomic E-state index is 10.9. The van der Waals surface area contributed by atoms with Crippen LogP contribution in [0.1, 0.15) is 6.92 Å². The summed E-state index contributed by atoms with van der Waals surface area (Å²) in [7, 11) is 0. The zero-order valence-corrected chi connectivity index (χ0v) is 13.4. The molecule has 2 N–H and O–H groups in total. The van der Waals surface area contributed by atoms with Crippen LogP contribution in [0.15, 0.2) is 28.0 Å². The van der Waals surface area contributed by atoms with Crippen molar-refractivity contribution in [3.63, 3.8) is 0 Å². The van der Waals surface area contributed by atoms with Crippen LogP contribution in [-0.4, -0.2) is 33.9 Å². The van der Waals surface area contributed by atoms with Crippen LogP contribution in [0.3, 0.4) is 0 Å². The van der Waals surface area contributed by atoms with Gasteiger partial charge in [-0.2, -0.15) is 0 Å². The van der Waals surface area contributed by atoms with E-state index >= 15 is 0 Å². The molecule has 0 saturated carbocycles. The van der Waals surface area contributed by atoms with Crippen LogP contribution in [0.4, 0.5) is 11.7 Å². The summed E-state index contributed by atoms with van der Waals surface area (Å²) in [5, 5.41) is 19.3. The average molecular weight is 347 g/mol. The number of aromatic nitrogens is 2. The Morgan fingerprint density at radius 1 is 1.33 bits per heavy atom. The third-order valence-electron chi connectivity index (χ3n) is 3.11. The molecule has 0 bridgehead atoms. The molecule has 0 aliphatic carbocycles.